The number of rotatable bonds is 9. The SMILES string of the molecule is CCc1cc(N2CCN(C(C)=O)CC2)nc(SCc2cccc(C(=O)NCCN(C)C)c2)n1. The highest BCUT2D eigenvalue weighted by atomic mass is 32.2. The summed E-state index contributed by atoms with van der Waals surface area (Å²) >= 11 is 1.58. The monoisotopic (exact) mass is 470 g/mol. The van der Waals surface area contributed by atoms with Crippen molar-refractivity contribution in [1.82, 2.24) is 25.1 Å². The van der Waals surface area contributed by atoms with Crippen molar-refractivity contribution >= 4 is 29.4 Å². The van der Waals surface area contributed by atoms with Crippen molar-refractivity contribution in [2.45, 2.75) is 31.2 Å². The number of carbonyl (C=O) groups excluding carboxylic acids is 2. The van der Waals surface area contributed by atoms with Crippen LogP contribution in [0, 0.1) is 0 Å². The molecule has 1 aromatic carbocycles. The van der Waals surface area contributed by atoms with Crippen molar-refractivity contribution in [2.24, 2.45) is 0 Å². The molecule has 0 spiro atoms. The lowest BCUT2D eigenvalue weighted by Crippen LogP contribution is -2.48. The molecule has 1 aliphatic heterocycles. The Hall–Kier alpha value is -2.65. The molecule has 1 fully saturated rings. The summed E-state index contributed by atoms with van der Waals surface area (Å²) in [6.45, 7) is 8.10. The minimum atomic E-state index is -0.0556. The fraction of sp³-hybridized carbons (Fsp3) is 0.500. The first-order valence-electron chi connectivity index (χ1n) is 11.4. The highest BCUT2D eigenvalue weighted by molar-refractivity contribution is 7.98. The van der Waals surface area contributed by atoms with Gasteiger partial charge in [-0.2, -0.15) is 0 Å². The zero-order chi connectivity index (χ0) is 23.8. The Bertz CT molecular complexity index is 960. The third-order valence-corrected chi connectivity index (χ3v) is 6.48. The van der Waals surface area contributed by atoms with Gasteiger partial charge in [-0.3, -0.25) is 9.59 Å². The molecular formula is C24H34N6O2S. The van der Waals surface area contributed by atoms with Gasteiger partial charge in [0.05, 0.1) is 0 Å². The number of likely N-dealkylation sites (N-methyl/N-ethyl adjacent to an activating group) is 1. The number of hydrogen-bond donors (Lipinski definition) is 1. The number of amides is 2. The molecule has 3 rings (SSSR count). The predicted molar refractivity (Wildman–Crippen MR) is 133 cm³/mol. The molecule has 2 amide bonds. The van der Waals surface area contributed by atoms with Gasteiger partial charge in [0.1, 0.15) is 5.82 Å². The number of aryl methyl sites for hydroxylation is 1. The van der Waals surface area contributed by atoms with Crippen molar-refractivity contribution < 1.29 is 9.59 Å². The predicted octanol–water partition coefficient (Wildman–Crippen LogP) is 2.29. The highest BCUT2D eigenvalue weighted by Gasteiger charge is 2.20. The Balaban J connectivity index is 1.63. The van der Waals surface area contributed by atoms with Crippen LogP contribution in [0.2, 0.25) is 0 Å². The summed E-state index contributed by atoms with van der Waals surface area (Å²) in [6, 6.07) is 9.76. The number of piperazine rings is 1. The van der Waals surface area contributed by atoms with Crippen molar-refractivity contribution in [3.63, 3.8) is 0 Å². The zero-order valence-electron chi connectivity index (χ0n) is 20.0. The summed E-state index contributed by atoms with van der Waals surface area (Å²) in [7, 11) is 3.97. The van der Waals surface area contributed by atoms with Crippen molar-refractivity contribution in [3.8, 4) is 0 Å². The molecular weight excluding hydrogens is 436 g/mol. The molecule has 9 heteroatoms. The molecule has 1 saturated heterocycles. The van der Waals surface area contributed by atoms with E-state index in [9.17, 15) is 9.59 Å². The summed E-state index contributed by atoms with van der Waals surface area (Å²) in [5.41, 5.74) is 2.73. The Morgan fingerprint density at radius 3 is 2.55 bits per heavy atom. The molecule has 178 valence electrons. The molecule has 0 aliphatic carbocycles. The van der Waals surface area contributed by atoms with Crippen LogP contribution < -0.4 is 10.2 Å². The number of carbonyl (C=O) groups is 2. The fourth-order valence-electron chi connectivity index (χ4n) is 3.56. The first kappa shape index (κ1) is 25.0. The van der Waals surface area contributed by atoms with Gasteiger partial charge < -0.3 is 20.0 Å². The summed E-state index contributed by atoms with van der Waals surface area (Å²) in [4.78, 5) is 39.7. The second kappa shape index (κ2) is 12.0. The molecule has 1 N–H and O–H groups in total. The second-order valence-electron chi connectivity index (χ2n) is 8.39. The highest BCUT2D eigenvalue weighted by Crippen LogP contribution is 2.24. The largest absolute Gasteiger partial charge is 0.353 e. The third kappa shape index (κ3) is 7.43. The van der Waals surface area contributed by atoms with Crippen molar-refractivity contribution in [3.05, 3.63) is 47.2 Å². The van der Waals surface area contributed by atoms with E-state index in [0.29, 0.717) is 31.0 Å². The number of hydrogen-bond acceptors (Lipinski definition) is 7. The fourth-order valence-corrected chi connectivity index (χ4v) is 4.38. The van der Waals surface area contributed by atoms with Crippen LogP contribution in [0.4, 0.5) is 5.82 Å². The summed E-state index contributed by atoms with van der Waals surface area (Å²) < 4.78 is 0. The molecule has 0 atom stereocenters. The van der Waals surface area contributed by atoms with Crippen LogP contribution >= 0.6 is 11.8 Å². The average Bonchev–Trinajstić information content (AvgIpc) is 2.82. The van der Waals surface area contributed by atoms with Gasteiger partial charge in [0.2, 0.25) is 5.91 Å². The van der Waals surface area contributed by atoms with E-state index in [-0.39, 0.29) is 11.8 Å². The number of aromatic nitrogens is 2. The van der Waals surface area contributed by atoms with Crippen LogP contribution in [-0.2, 0) is 17.0 Å². The van der Waals surface area contributed by atoms with Crippen LogP contribution in [0.3, 0.4) is 0 Å². The van der Waals surface area contributed by atoms with Gasteiger partial charge in [0, 0.05) is 69.3 Å². The third-order valence-electron chi connectivity index (χ3n) is 5.56. The van der Waals surface area contributed by atoms with Gasteiger partial charge in [0.25, 0.3) is 5.91 Å². The molecule has 0 unspecified atom stereocenters. The van der Waals surface area contributed by atoms with Gasteiger partial charge >= 0.3 is 0 Å². The van der Waals surface area contributed by atoms with E-state index in [1.54, 1.807) is 18.7 Å². The normalized spacial score (nSPS) is 14.0. The maximum atomic E-state index is 12.4. The number of nitrogens with zero attached hydrogens (tertiary/aromatic N) is 5. The van der Waals surface area contributed by atoms with Crippen molar-refractivity contribution in [2.75, 3.05) is 58.3 Å². The lowest BCUT2D eigenvalue weighted by atomic mass is 10.1. The van der Waals surface area contributed by atoms with Gasteiger partial charge in [0.15, 0.2) is 5.16 Å². The lowest BCUT2D eigenvalue weighted by molar-refractivity contribution is -0.129. The van der Waals surface area contributed by atoms with Gasteiger partial charge in [-0.15, -0.1) is 0 Å². The molecule has 2 aromatic rings. The first-order chi connectivity index (χ1) is 15.9. The molecule has 2 heterocycles. The molecule has 0 radical (unpaired) electrons. The van der Waals surface area contributed by atoms with E-state index < -0.39 is 0 Å². The summed E-state index contributed by atoms with van der Waals surface area (Å²) in [5, 5.41) is 3.69. The standard InChI is InChI=1S/C24H34N6O2S/c1-5-21-16-22(30-13-11-29(12-14-30)18(2)31)27-24(26-21)33-17-19-7-6-8-20(15-19)23(32)25-9-10-28(3)4/h6-8,15-16H,5,9-14,17H2,1-4H3,(H,25,32). The topological polar surface area (TPSA) is 81.7 Å². The number of benzene rings is 1. The minimum absolute atomic E-state index is 0.0556. The van der Waals surface area contributed by atoms with Crippen molar-refractivity contribution in [1.29, 1.82) is 0 Å². The molecule has 8 nitrogen and oxygen atoms in total. The lowest BCUT2D eigenvalue weighted by Gasteiger charge is -2.35. The molecule has 1 aliphatic rings. The Morgan fingerprint density at radius 2 is 1.88 bits per heavy atom. The van der Waals surface area contributed by atoms with E-state index in [0.717, 1.165) is 48.3 Å². The summed E-state index contributed by atoms with van der Waals surface area (Å²) in [6.07, 6.45) is 0.832. The second-order valence-corrected chi connectivity index (χ2v) is 9.34. The van der Waals surface area contributed by atoms with Gasteiger partial charge in [-0.25, -0.2) is 9.97 Å². The first-order valence-corrected chi connectivity index (χ1v) is 12.4. The van der Waals surface area contributed by atoms with Gasteiger partial charge in [-0.1, -0.05) is 30.8 Å². The maximum absolute atomic E-state index is 12.4. The Kier molecular flexibility index (Phi) is 9.08. The summed E-state index contributed by atoms with van der Waals surface area (Å²) in [5.74, 6) is 1.67. The van der Waals surface area contributed by atoms with E-state index in [2.05, 4.69) is 17.1 Å². The average molecular weight is 471 g/mol. The van der Waals surface area contributed by atoms with Crippen LogP contribution in [0.1, 0.15) is 35.5 Å². The number of thioether (sulfide) groups is 1. The quantitative estimate of drug-likeness (QED) is 0.445. The molecule has 0 saturated carbocycles. The smallest absolute Gasteiger partial charge is 0.251 e. The molecule has 33 heavy (non-hydrogen) atoms. The number of nitrogens with one attached hydrogen (secondary N) is 1. The van der Waals surface area contributed by atoms with Crippen LogP contribution in [0.5, 0.6) is 0 Å². The number of anilines is 1. The van der Waals surface area contributed by atoms with E-state index in [4.69, 9.17) is 9.97 Å². The Labute approximate surface area is 200 Å². The zero-order valence-corrected chi connectivity index (χ0v) is 20.8. The van der Waals surface area contributed by atoms with E-state index in [1.165, 1.54) is 0 Å². The minimum Gasteiger partial charge on any atom is -0.353 e. The van der Waals surface area contributed by atoms with Gasteiger partial charge in [-0.05, 0) is 38.2 Å². The van der Waals surface area contributed by atoms with Crippen LogP contribution in [0.25, 0.3) is 0 Å². The maximum Gasteiger partial charge on any atom is 0.251 e. The van der Waals surface area contributed by atoms with Crippen LogP contribution in [0.15, 0.2) is 35.5 Å². The Morgan fingerprint density at radius 1 is 1.12 bits per heavy atom. The molecule has 0 bridgehead atoms. The van der Waals surface area contributed by atoms with Crippen LogP contribution in [-0.4, -0.2) is 84.9 Å². The molecule has 1 aromatic heterocycles. The van der Waals surface area contributed by atoms with E-state index >= 15 is 0 Å². The van der Waals surface area contributed by atoms with E-state index in [1.807, 2.05) is 54.2 Å².